The van der Waals surface area contributed by atoms with Gasteiger partial charge in [0.15, 0.2) is 0 Å². The van der Waals surface area contributed by atoms with Gasteiger partial charge in [-0.1, -0.05) is 37.6 Å². The Morgan fingerprint density at radius 3 is 2.62 bits per heavy atom. The summed E-state index contributed by atoms with van der Waals surface area (Å²) in [5.74, 6) is -1.41. The number of methoxy groups -OCH3 is 1. The largest absolute Gasteiger partial charge is 0.468 e. The standard InChI is InChI=1S/C21H22N2O3/c1-3-4-9-20(24)18(21(25)26-2)12-15-10-11-19(23-14-15)17-8-6-5-7-16(17)13-22/h5-8,10-11,14,18H,3-4,9,12H2,1-2H3. The lowest BCUT2D eigenvalue weighted by atomic mass is 9.93. The van der Waals surface area contributed by atoms with Crippen LogP contribution < -0.4 is 0 Å². The summed E-state index contributed by atoms with van der Waals surface area (Å²) >= 11 is 0. The summed E-state index contributed by atoms with van der Waals surface area (Å²) in [5.41, 5.74) is 2.77. The molecule has 0 aliphatic heterocycles. The van der Waals surface area contributed by atoms with E-state index in [2.05, 4.69) is 11.1 Å². The number of Topliss-reactive ketones (excluding diaryl/α,β-unsaturated/α-hetero) is 1. The molecular weight excluding hydrogens is 328 g/mol. The molecule has 0 saturated heterocycles. The molecule has 1 atom stereocenters. The molecule has 2 rings (SSSR count). The molecule has 0 aliphatic rings. The van der Waals surface area contributed by atoms with Crippen molar-refractivity contribution < 1.29 is 14.3 Å². The number of hydrogen-bond donors (Lipinski definition) is 0. The number of esters is 1. The number of unbranched alkanes of at least 4 members (excludes halogenated alkanes) is 1. The molecule has 0 saturated carbocycles. The number of hydrogen-bond acceptors (Lipinski definition) is 5. The van der Waals surface area contributed by atoms with Gasteiger partial charge in [-0.15, -0.1) is 0 Å². The predicted octanol–water partition coefficient (Wildman–Crippen LogP) is 3.71. The second-order valence-electron chi connectivity index (χ2n) is 6.06. The van der Waals surface area contributed by atoms with Gasteiger partial charge in [0.05, 0.1) is 24.4 Å². The van der Waals surface area contributed by atoms with E-state index >= 15 is 0 Å². The summed E-state index contributed by atoms with van der Waals surface area (Å²) in [6, 6.07) is 13.0. The van der Waals surface area contributed by atoms with Crippen molar-refractivity contribution in [2.45, 2.75) is 32.6 Å². The zero-order chi connectivity index (χ0) is 18.9. The van der Waals surface area contributed by atoms with E-state index in [9.17, 15) is 14.9 Å². The third-order valence-electron chi connectivity index (χ3n) is 4.24. The molecular formula is C21H22N2O3. The van der Waals surface area contributed by atoms with Gasteiger partial charge in [-0.2, -0.15) is 5.26 Å². The van der Waals surface area contributed by atoms with E-state index < -0.39 is 11.9 Å². The van der Waals surface area contributed by atoms with Crippen molar-refractivity contribution in [2.75, 3.05) is 7.11 Å². The van der Waals surface area contributed by atoms with E-state index in [1.807, 2.05) is 25.1 Å². The maximum atomic E-state index is 12.3. The highest BCUT2D eigenvalue weighted by molar-refractivity contribution is 5.99. The Labute approximate surface area is 153 Å². The van der Waals surface area contributed by atoms with Crippen molar-refractivity contribution in [3.8, 4) is 17.3 Å². The second-order valence-corrected chi connectivity index (χ2v) is 6.06. The lowest BCUT2D eigenvalue weighted by Gasteiger charge is -2.14. The number of aromatic nitrogens is 1. The van der Waals surface area contributed by atoms with Crippen LogP contribution in [0.5, 0.6) is 0 Å². The van der Waals surface area contributed by atoms with Gasteiger partial charge in [0, 0.05) is 18.2 Å². The molecule has 0 spiro atoms. The van der Waals surface area contributed by atoms with Gasteiger partial charge in [0.2, 0.25) is 0 Å². The molecule has 26 heavy (non-hydrogen) atoms. The van der Waals surface area contributed by atoms with Crippen molar-refractivity contribution in [3.63, 3.8) is 0 Å². The molecule has 0 aliphatic carbocycles. The molecule has 1 aromatic heterocycles. The zero-order valence-electron chi connectivity index (χ0n) is 15.1. The molecule has 1 unspecified atom stereocenters. The molecule has 2 aromatic rings. The number of benzene rings is 1. The first kappa shape index (κ1) is 19.3. The Hall–Kier alpha value is -3.00. The Bertz CT molecular complexity index is 807. The Morgan fingerprint density at radius 2 is 2.00 bits per heavy atom. The van der Waals surface area contributed by atoms with Crippen LogP contribution in [0.2, 0.25) is 0 Å². The summed E-state index contributed by atoms with van der Waals surface area (Å²) in [4.78, 5) is 28.7. The minimum absolute atomic E-state index is 0.0994. The van der Waals surface area contributed by atoms with Crippen LogP contribution >= 0.6 is 0 Å². The maximum absolute atomic E-state index is 12.3. The number of ketones is 1. The van der Waals surface area contributed by atoms with Crippen molar-refractivity contribution in [3.05, 3.63) is 53.7 Å². The van der Waals surface area contributed by atoms with Crippen molar-refractivity contribution in [1.29, 1.82) is 5.26 Å². The highest BCUT2D eigenvalue weighted by atomic mass is 16.5. The van der Waals surface area contributed by atoms with Crippen LogP contribution in [0, 0.1) is 17.2 Å². The zero-order valence-corrected chi connectivity index (χ0v) is 15.1. The van der Waals surface area contributed by atoms with Crippen LogP contribution in [0.15, 0.2) is 42.6 Å². The first-order valence-corrected chi connectivity index (χ1v) is 8.65. The summed E-state index contributed by atoms with van der Waals surface area (Å²) in [6.45, 7) is 2.00. The maximum Gasteiger partial charge on any atom is 0.316 e. The van der Waals surface area contributed by atoms with E-state index in [0.717, 1.165) is 24.0 Å². The quantitative estimate of drug-likeness (QED) is 0.535. The van der Waals surface area contributed by atoms with Gasteiger partial charge < -0.3 is 4.74 Å². The predicted molar refractivity (Wildman–Crippen MR) is 98.1 cm³/mol. The number of rotatable bonds is 8. The van der Waals surface area contributed by atoms with Crippen LogP contribution in [0.1, 0.15) is 37.3 Å². The summed E-state index contributed by atoms with van der Waals surface area (Å²) in [5, 5.41) is 9.21. The minimum atomic E-state index is -0.800. The summed E-state index contributed by atoms with van der Waals surface area (Å²) in [7, 11) is 1.29. The summed E-state index contributed by atoms with van der Waals surface area (Å²) in [6.07, 6.45) is 3.94. The van der Waals surface area contributed by atoms with Crippen LogP contribution in [0.25, 0.3) is 11.3 Å². The van der Waals surface area contributed by atoms with Gasteiger partial charge in [-0.25, -0.2) is 0 Å². The van der Waals surface area contributed by atoms with Gasteiger partial charge >= 0.3 is 5.97 Å². The van der Waals surface area contributed by atoms with Gasteiger partial charge in [0.1, 0.15) is 11.7 Å². The van der Waals surface area contributed by atoms with Crippen LogP contribution in [-0.2, 0) is 20.7 Å². The first-order chi connectivity index (χ1) is 12.6. The highest BCUT2D eigenvalue weighted by Crippen LogP contribution is 2.22. The van der Waals surface area contributed by atoms with E-state index in [0.29, 0.717) is 17.7 Å². The SMILES string of the molecule is CCCCC(=O)C(Cc1ccc(-c2ccccc2C#N)nc1)C(=O)OC. The molecule has 5 nitrogen and oxygen atoms in total. The number of ether oxygens (including phenoxy) is 1. The average molecular weight is 350 g/mol. The van der Waals surface area contributed by atoms with Crippen molar-refractivity contribution in [2.24, 2.45) is 5.92 Å². The molecule has 0 fully saturated rings. The van der Waals surface area contributed by atoms with Crippen LogP contribution in [-0.4, -0.2) is 23.8 Å². The fourth-order valence-corrected chi connectivity index (χ4v) is 2.74. The smallest absolute Gasteiger partial charge is 0.316 e. The molecule has 1 heterocycles. The van der Waals surface area contributed by atoms with E-state index in [1.165, 1.54) is 7.11 Å². The van der Waals surface area contributed by atoms with E-state index in [1.54, 1.807) is 24.4 Å². The number of carbonyl (C=O) groups excluding carboxylic acids is 2. The second kappa shape index (κ2) is 9.47. The number of pyridine rings is 1. The fraction of sp³-hybridized carbons (Fsp3) is 0.333. The van der Waals surface area contributed by atoms with Gasteiger partial charge in [-0.05, 0) is 30.5 Å². The monoisotopic (exact) mass is 350 g/mol. The molecule has 0 amide bonds. The average Bonchev–Trinajstić information content (AvgIpc) is 2.70. The van der Waals surface area contributed by atoms with Crippen LogP contribution in [0.4, 0.5) is 0 Å². The lowest BCUT2D eigenvalue weighted by molar-refractivity contribution is -0.149. The fourth-order valence-electron chi connectivity index (χ4n) is 2.74. The third-order valence-corrected chi connectivity index (χ3v) is 4.24. The molecule has 0 radical (unpaired) electrons. The highest BCUT2D eigenvalue weighted by Gasteiger charge is 2.27. The first-order valence-electron chi connectivity index (χ1n) is 8.65. The minimum Gasteiger partial charge on any atom is -0.468 e. The molecule has 0 bridgehead atoms. The van der Waals surface area contributed by atoms with E-state index in [-0.39, 0.29) is 12.2 Å². The molecule has 0 N–H and O–H groups in total. The lowest BCUT2D eigenvalue weighted by Crippen LogP contribution is -2.27. The third kappa shape index (κ3) is 4.76. The van der Waals surface area contributed by atoms with Crippen LogP contribution in [0.3, 0.4) is 0 Å². The normalized spacial score (nSPS) is 11.4. The Balaban J connectivity index is 2.19. The van der Waals surface area contributed by atoms with Crippen molar-refractivity contribution in [1.82, 2.24) is 4.98 Å². The molecule has 5 heteroatoms. The van der Waals surface area contributed by atoms with Crippen molar-refractivity contribution >= 4 is 11.8 Å². The van der Waals surface area contributed by atoms with Gasteiger partial charge in [0.25, 0.3) is 0 Å². The Morgan fingerprint density at radius 1 is 1.23 bits per heavy atom. The van der Waals surface area contributed by atoms with E-state index in [4.69, 9.17) is 4.74 Å². The number of nitriles is 1. The summed E-state index contributed by atoms with van der Waals surface area (Å²) < 4.78 is 4.79. The topological polar surface area (TPSA) is 80.0 Å². The van der Waals surface area contributed by atoms with Gasteiger partial charge in [-0.3, -0.25) is 14.6 Å². The number of nitrogens with zero attached hydrogens (tertiary/aromatic N) is 2. The number of carbonyl (C=O) groups is 2. The molecule has 1 aromatic carbocycles. The Kier molecular flexibility index (Phi) is 7.04. The molecule has 134 valence electrons.